The normalized spacial score (nSPS) is 7.70. The molecule has 0 aromatic carbocycles. The minimum absolute atomic E-state index is 0. The Hall–Kier alpha value is 0.00870. The molecule has 0 N–H and O–H groups in total. The maximum atomic E-state index is 10.3. The summed E-state index contributed by atoms with van der Waals surface area (Å²) >= 11 is 0. The van der Waals surface area contributed by atoms with Gasteiger partial charge in [0.05, 0.1) is 6.61 Å². The SMILES string of the molecule is C=CC(=O)OCCCC.[SnH4]. The van der Waals surface area contributed by atoms with Crippen LogP contribution in [-0.4, -0.2) is 36.5 Å². The molecule has 0 fully saturated rings. The van der Waals surface area contributed by atoms with Crippen LogP contribution in [0.3, 0.4) is 0 Å². The number of rotatable bonds is 4. The van der Waals surface area contributed by atoms with Gasteiger partial charge >= 0.3 is 29.9 Å². The molecule has 0 aromatic heterocycles. The molecule has 0 rings (SSSR count). The van der Waals surface area contributed by atoms with Crippen molar-refractivity contribution >= 4 is 29.9 Å². The van der Waals surface area contributed by atoms with Crippen molar-refractivity contribution in [3.63, 3.8) is 0 Å². The topological polar surface area (TPSA) is 26.3 Å². The van der Waals surface area contributed by atoms with E-state index >= 15 is 0 Å². The predicted octanol–water partition coefficient (Wildman–Crippen LogP) is 0.0641. The average Bonchev–Trinajstić information content (AvgIpc) is 1.89. The van der Waals surface area contributed by atoms with Crippen LogP contribution in [0.4, 0.5) is 0 Å². The van der Waals surface area contributed by atoms with Crippen molar-refractivity contribution in [3.05, 3.63) is 12.7 Å². The monoisotopic (exact) mass is 252 g/mol. The Morgan fingerprint density at radius 1 is 1.70 bits per heavy atom. The number of ether oxygens (including phenoxy) is 1. The Bertz CT molecular complexity index is 102. The van der Waals surface area contributed by atoms with Crippen LogP contribution in [0, 0.1) is 0 Å². The second-order valence-electron chi connectivity index (χ2n) is 1.73. The van der Waals surface area contributed by atoms with Gasteiger partial charge in [-0.3, -0.25) is 0 Å². The predicted molar refractivity (Wildman–Crippen MR) is 47.4 cm³/mol. The summed E-state index contributed by atoms with van der Waals surface area (Å²) in [6.45, 7) is 5.82. The summed E-state index contributed by atoms with van der Waals surface area (Å²) in [5.41, 5.74) is 0. The molecule has 0 aliphatic carbocycles. The first-order valence-corrected chi connectivity index (χ1v) is 3.10. The zero-order valence-corrected chi connectivity index (χ0v) is 5.72. The van der Waals surface area contributed by atoms with Crippen molar-refractivity contribution in [2.45, 2.75) is 19.8 Å². The summed E-state index contributed by atoms with van der Waals surface area (Å²) < 4.78 is 4.67. The van der Waals surface area contributed by atoms with Crippen molar-refractivity contribution in [1.29, 1.82) is 0 Å². The van der Waals surface area contributed by atoms with Crippen molar-refractivity contribution in [3.8, 4) is 0 Å². The fourth-order valence-electron chi connectivity index (χ4n) is 0.376. The summed E-state index contributed by atoms with van der Waals surface area (Å²) in [6, 6.07) is 0. The molecule has 10 heavy (non-hydrogen) atoms. The van der Waals surface area contributed by atoms with E-state index in [2.05, 4.69) is 11.3 Å². The van der Waals surface area contributed by atoms with Crippen molar-refractivity contribution in [1.82, 2.24) is 0 Å². The van der Waals surface area contributed by atoms with E-state index in [1.807, 2.05) is 6.92 Å². The fraction of sp³-hybridized carbons (Fsp3) is 0.571. The second-order valence-corrected chi connectivity index (χ2v) is 1.73. The van der Waals surface area contributed by atoms with E-state index in [0.29, 0.717) is 6.61 Å². The van der Waals surface area contributed by atoms with Gasteiger partial charge in [-0.15, -0.1) is 0 Å². The molecule has 0 aromatic rings. The Labute approximate surface area is 78.6 Å². The van der Waals surface area contributed by atoms with E-state index in [4.69, 9.17) is 0 Å². The van der Waals surface area contributed by atoms with Gasteiger partial charge in [0.2, 0.25) is 0 Å². The van der Waals surface area contributed by atoms with Crippen LogP contribution in [0.5, 0.6) is 0 Å². The standard InChI is InChI=1S/C7H12O2.Sn.4H/c1-3-5-6-9-7(8)4-2;;;;;/h4H,2-3,5-6H2,1H3;;;;;. The molecule has 0 amide bonds. The number of unbranched alkanes of at least 4 members (excludes halogenated alkanes) is 1. The second kappa shape index (κ2) is 9.01. The van der Waals surface area contributed by atoms with Crippen LogP contribution in [0.25, 0.3) is 0 Å². The molecule has 0 saturated carbocycles. The molecule has 0 saturated heterocycles. The van der Waals surface area contributed by atoms with Crippen LogP contribution in [0.15, 0.2) is 12.7 Å². The third-order valence-electron chi connectivity index (χ3n) is 0.909. The first kappa shape index (κ1) is 12.7. The van der Waals surface area contributed by atoms with Crippen LogP contribution in [0.2, 0.25) is 0 Å². The summed E-state index contributed by atoms with van der Waals surface area (Å²) in [6.07, 6.45) is 3.15. The summed E-state index contributed by atoms with van der Waals surface area (Å²) in [5, 5.41) is 0. The van der Waals surface area contributed by atoms with Gasteiger partial charge in [-0.25, -0.2) is 4.79 Å². The Balaban J connectivity index is 0. The van der Waals surface area contributed by atoms with Gasteiger partial charge < -0.3 is 4.74 Å². The number of carbonyl (C=O) groups is 1. The maximum absolute atomic E-state index is 10.3. The molecule has 0 spiro atoms. The van der Waals surface area contributed by atoms with E-state index < -0.39 is 0 Å². The zero-order valence-electron chi connectivity index (χ0n) is 5.72. The molecule has 0 aliphatic heterocycles. The van der Waals surface area contributed by atoms with E-state index in [1.165, 1.54) is 6.08 Å². The third-order valence-corrected chi connectivity index (χ3v) is 0.909. The molecular formula is C7H16O2Sn. The average molecular weight is 251 g/mol. The molecule has 3 heteroatoms. The molecule has 0 bridgehead atoms. The van der Waals surface area contributed by atoms with Gasteiger partial charge in [-0.2, -0.15) is 0 Å². The van der Waals surface area contributed by atoms with Crippen LogP contribution in [-0.2, 0) is 9.53 Å². The van der Waals surface area contributed by atoms with E-state index in [9.17, 15) is 4.79 Å². The molecule has 0 aliphatic rings. The van der Waals surface area contributed by atoms with E-state index in [-0.39, 0.29) is 29.9 Å². The molecule has 0 heterocycles. The van der Waals surface area contributed by atoms with Crippen LogP contribution in [0.1, 0.15) is 19.8 Å². The first-order chi connectivity index (χ1) is 4.31. The third kappa shape index (κ3) is 8.01. The van der Waals surface area contributed by atoms with Gasteiger partial charge in [0.25, 0.3) is 0 Å². The van der Waals surface area contributed by atoms with Gasteiger partial charge in [0.1, 0.15) is 0 Å². The quantitative estimate of drug-likeness (QED) is 0.306. The number of carbonyl (C=O) groups excluding carboxylic acids is 1. The van der Waals surface area contributed by atoms with E-state index in [0.717, 1.165) is 12.8 Å². The van der Waals surface area contributed by atoms with Crippen LogP contribution < -0.4 is 0 Å². The minimum atomic E-state index is -0.330. The Kier molecular flexibility index (Phi) is 11.4. The first-order valence-electron chi connectivity index (χ1n) is 3.10. The summed E-state index contributed by atoms with van der Waals surface area (Å²) in [4.78, 5) is 10.3. The summed E-state index contributed by atoms with van der Waals surface area (Å²) in [5.74, 6) is -0.330. The number of hydrogen-bond donors (Lipinski definition) is 0. The molecular weight excluding hydrogens is 235 g/mol. The van der Waals surface area contributed by atoms with Crippen LogP contribution >= 0.6 is 0 Å². The Morgan fingerprint density at radius 2 is 2.30 bits per heavy atom. The van der Waals surface area contributed by atoms with Gasteiger partial charge in [0, 0.05) is 6.08 Å². The zero-order chi connectivity index (χ0) is 7.11. The number of hydrogen-bond acceptors (Lipinski definition) is 2. The Morgan fingerprint density at radius 3 is 2.70 bits per heavy atom. The van der Waals surface area contributed by atoms with Crippen molar-refractivity contribution in [2.75, 3.05) is 6.61 Å². The van der Waals surface area contributed by atoms with Crippen molar-refractivity contribution < 1.29 is 9.53 Å². The molecule has 0 unspecified atom stereocenters. The molecule has 60 valence electrons. The summed E-state index contributed by atoms with van der Waals surface area (Å²) in [7, 11) is 0. The van der Waals surface area contributed by atoms with Crippen molar-refractivity contribution in [2.24, 2.45) is 0 Å². The molecule has 0 atom stereocenters. The van der Waals surface area contributed by atoms with Gasteiger partial charge in [-0.1, -0.05) is 19.9 Å². The molecule has 0 radical (unpaired) electrons. The van der Waals surface area contributed by atoms with Gasteiger partial charge in [-0.05, 0) is 6.42 Å². The number of esters is 1. The van der Waals surface area contributed by atoms with Gasteiger partial charge in [0.15, 0.2) is 0 Å². The fourth-order valence-corrected chi connectivity index (χ4v) is 0.376. The van der Waals surface area contributed by atoms with E-state index in [1.54, 1.807) is 0 Å². The molecule has 2 nitrogen and oxygen atoms in total.